The van der Waals surface area contributed by atoms with E-state index < -0.39 is 7.82 Å². The van der Waals surface area contributed by atoms with Crippen LogP contribution in [-0.2, 0) is 18.5 Å². The molecule has 3 N–H and O–H groups in total. The molecule has 7 heteroatoms. The maximum absolute atomic E-state index is 11.6. The first-order valence-corrected chi connectivity index (χ1v) is 10.9. The van der Waals surface area contributed by atoms with Gasteiger partial charge in [0.15, 0.2) is 0 Å². The van der Waals surface area contributed by atoms with Gasteiger partial charge in [-0.1, -0.05) is 78.1 Å². The summed E-state index contributed by atoms with van der Waals surface area (Å²) in [4.78, 5) is 13.3. The van der Waals surface area contributed by atoms with E-state index in [1.807, 2.05) is 0 Å². The Bertz CT molecular complexity index is 258. The Morgan fingerprint density at radius 1 is 0.750 bits per heavy atom. The van der Waals surface area contributed by atoms with Crippen molar-refractivity contribution < 1.29 is 23.3 Å². The minimum absolute atomic E-state index is 0.316. The van der Waals surface area contributed by atoms with Crippen LogP contribution in [0.5, 0.6) is 0 Å². The van der Waals surface area contributed by atoms with Crippen molar-refractivity contribution in [2.75, 3.05) is 20.3 Å². The molecule has 0 radical (unpaired) electrons. The van der Waals surface area contributed by atoms with Gasteiger partial charge in [0.1, 0.15) is 0 Å². The summed E-state index contributed by atoms with van der Waals surface area (Å²) < 4.78 is 21.5. The summed E-state index contributed by atoms with van der Waals surface area (Å²) in [5, 5.41) is 0. The van der Waals surface area contributed by atoms with Gasteiger partial charge >= 0.3 is 7.82 Å². The van der Waals surface area contributed by atoms with Crippen molar-refractivity contribution in [3.05, 3.63) is 0 Å². The van der Waals surface area contributed by atoms with Crippen LogP contribution < -0.4 is 5.90 Å². The smallest absolute Gasteiger partial charge is 0.308 e. The highest BCUT2D eigenvalue weighted by Gasteiger charge is 2.19. The Kier molecular flexibility index (Phi) is 23.1. The molecule has 0 saturated carbocycles. The SMILES string of the molecule is CCCCCCCCOP(=O)(O)OCCCCCCCC.CON. The van der Waals surface area contributed by atoms with Gasteiger partial charge in [0.2, 0.25) is 0 Å². The zero-order valence-electron chi connectivity index (χ0n) is 16.0. The van der Waals surface area contributed by atoms with Gasteiger partial charge in [-0.2, -0.15) is 0 Å². The van der Waals surface area contributed by atoms with E-state index in [4.69, 9.17) is 9.05 Å². The van der Waals surface area contributed by atoms with Crippen LogP contribution in [0.25, 0.3) is 0 Å². The third kappa shape index (κ3) is 24.3. The van der Waals surface area contributed by atoms with Gasteiger partial charge in [0.05, 0.1) is 20.3 Å². The zero-order chi connectivity index (χ0) is 18.5. The molecular weight excluding hydrogens is 329 g/mol. The van der Waals surface area contributed by atoms with Crippen LogP contribution >= 0.6 is 7.82 Å². The topological polar surface area (TPSA) is 91.0 Å². The lowest BCUT2D eigenvalue weighted by Gasteiger charge is -2.12. The van der Waals surface area contributed by atoms with E-state index >= 15 is 0 Å². The Labute approximate surface area is 149 Å². The van der Waals surface area contributed by atoms with Crippen molar-refractivity contribution >= 4 is 7.82 Å². The molecule has 0 fully saturated rings. The average molecular weight is 369 g/mol. The standard InChI is InChI=1S/C16H35O4P.CH5NO/c1-3-5-7-9-11-13-15-19-21(17,18)20-16-14-12-10-8-6-4-2;1-3-2/h3-16H2,1-2H3,(H,17,18);2H2,1H3. The molecule has 6 nitrogen and oxygen atoms in total. The second kappa shape index (κ2) is 21.1. The third-order valence-corrected chi connectivity index (χ3v) is 4.52. The average Bonchev–Trinajstić information content (AvgIpc) is 2.54. The molecule has 0 atom stereocenters. The van der Waals surface area contributed by atoms with E-state index in [-0.39, 0.29) is 0 Å². The Balaban J connectivity index is 0. The van der Waals surface area contributed by atoms with Crippen LogP contribution in [0.1, 0.15) is 90.9 Å². The van der Waals surface area contributed by atoms with E-state index in [1.165, 1.54) is 58.5 Å². The first-order valence-electron chi connectivity index (χ1n) is 9.38. The summed E-state index contributed by atoms with van der Waals surface area (Å²) in [5.41, 5.74) is 0. The molecule has 0 aliphatic carbocycles. The fourth-order valence-corrected chi connectivity index (χ4v) is 2.96. The molecule has 0 amide bonds. The molecule has 0 aliphatic rings. The van der Waals surface area contributed by atoms with E-state index in [1.54, 1.807) is 0 Å². The first kappa shape index (κ1) is 26.3. The van der Waals surface area contributed by atoms with Gasteiger partial charge in [0, 0.05) is 0 Å². The Hall–Kier alpha value is 0.0300. The van der Waals surface area contributed by atoms with E-state index in [2.05, 4.69) is 24.6 Å². The maximum Gasteiger partial charge on any atom is 0.472 e. The summed E-state index contributed by atoms with van der Waals surface area (Å²) in [6.45, 7) is 5.01. The van der Waals surface area contributed by atoms with Crippen LogP contribution in [0, 0.1) is 0 Å². The molecule has 0 bridgehead atoms. The molecule has 0 unspecified atom stereocenters. The molecule has 0 aromatic heterocycles. The molecular formula is C17H40NO5P. The number of phosphoric acid groups is 1. The summed E-state index contributed by atoms with van der Waals surface area (Å²) in [7, 11) is -2.41. The molecule has 24 heavy (non-hydrogen) atoms. The quantitative estimate of drug-likeness (QED) is 0.216. The van der Waals surface area contributed by atoms with Crippen LogP contribution in [-0.4, -0.2) is 25.2 Å². The van der Waals surface area contributed by atoms with Gasteiger partial charge < -0.3 is 9.73 Å². The lowest BCUT2D eigenvalue weighted by Crippen LogP contribution is -1.99. The van der Waals surface area contributed by atoms with Gasteiger partial charge in [-0.05, 0) is 12.8 Å². The zero-order valence-corrected chi connectivity index (χ0v) is 16.9. The maximum atomic E-state index is 11.6. The van der Waals surface area contributed by atoms with Crippen LogP contribution in [0.3, 0.4) is 0 Å². The van der Waals surface area contributed by atoms with E-state index in [0.717, 1.165) is 25.7 Å². The molecule has 0 saturated heterocycles. The van der Waals surface area contributed by atoms with Crippen molar-refractivity contribution in [1.29, 1.82) is 0 Å². The second-order valence-electron chi connectivity index (χ2n) is 5.91. The summed E-state index contributed by atoms with van der Waals surface area (Å²) >= 11 is 0. The lowest BCUT2D eigenvalue weighted by atomic mass is 10.1. The van der Waals surface area contributed by atoms with Crippen LogP contribution in [0.15, 0.2) is 0 Å². The number of phosphoric ester groups is 1. The fraction of sp³-hybridized carbons (Fsp3) is 1.00. The summed E-state index contributed by atoms with van der Waals surface area (Å²) in [6.07, 6.45) is 13.6. The highest BCUT2D eigenvalue weighted by atomic mass is 31.2. The largest absolute Gasteiger partial charge is 0.472 e. The monoisotopic (exact) mass is 369 g/mol. The third-order valence-electron chi connectivity index (χ3n) is 3.50. The predicted octanol–water partition coefficient (Wildman–Crippen LogP) is 5.35. The van der Waals surface area contributed by atoms with Gasteiger partial charge in [0.25, 0.3) is 0 Å². The predicted molar refractivity (Wildman–Crippen MR) is 99.7 cm³/mol. The van der Waals surface area contributed by atoms with Crippen molar-refractivity contribution in [2.45, 2.75) is 90.9 Å². The highest BCUT2D eigenvalue weighted by molar-refractivity contribution is 7.47. The number of unbranched alkanes of at least 4 members (excludes halogenated alkanes) is 10. The minimum Gasteiger partial charge on any atom is -0.308 e. The van der Waals surface area contributed by atoms with Crippen molar-refractivity contribution in [2.24, 2.45) is 5.90 Å². The number of hydrogen-bond acceptors (Lipinski definition) is 5. The molecule has 0 aromatic rings. The van der Waals surface area contributed by atoms with E-state index in [9.17, 15) is 9.46 Å². The van der Waals surface area contributed by atoms with Crippen molar-refractivity contribution in [3.8, 4) is 0 Å². The molecule has 148 valence electrons. The molecule has 0 aromatic carbocycles. The molecule has 0 spiro atoms. The summed E-state index contributed by atoms with van der Waals surface area (Å²) in [6, 6.07) is 0. The van der Waals surface area contributed by atoms with Gasteiger partial charge in [-0.25, -0.2) is 10.5 Å². The minimum atomic E-state index is -3.82. The number of hydrogen-bond donors (Lipinski definition) is 2. The first-order chi connectivity index (χ1) is 11.5. The highest BCUT2D eigenvalue weighted by Crippen LogP contribution is 2.43. The molecule has 0 aliphatic heterocycles. The van der Waals surface area contributed by atoms with Gasteiger partial charge in [-0.15, -0.1) is 0 Å². The van der Waals surface area contributed by atoms with Crippen molar-refractivity contribution in [3.63, 3.8) is 0 Å². The Morgan fingerprint density at radius 3 is 1.38 bits per heavy atom. The Morgan fingerprint density at radius 2 is 1.04 bits per heavy atom. The van der Waals surface area contributed by atoms with E-state index in [0.29, 0.717) is 13.2 Å². The van der Waals surface area contributed by atoms with Gasteiger partial charge in [-0.3, -0.25) is 9.05 Å². The van der Waals surface area contributed by atoms with Crippen LogP contribution in [0.2, 0.25) is 0 Å². The normalized spacial score (nSPS) is 11.2. The number of rotatable bonds is 16. The van der Waals surface area contributed by atoms with Crippen molar-refractivity contribution in [1.82, 2.24) is 0 Å². The van der Waals surface area contributed by atoms with Crippen LogP contribution in [0.4, 0.5) is 0 Å². The fourth-order valence-electron chi connectivity index (χ4n) is 2.16. The summed E-state index contributed by atoms with van der Waals surface area (Å²) in [5.74, 6) is 4.35. The molecule has 0 rings (SSSR count). The lowest BCUT2D eigenvalue weighted by molar-refractivity contribution is 0.145. The number of nitrogens with two attached hydrogens (primary N) is 1. The second-order valence-corrected chi connectivity index (χ2v) is 7.36. The molecule has 0 heterocycles.